The smallest absolute Gasteiger partial charge is 0.394 e. The fraction of sp³-hybridized carbons (Fsp3) is 0.333. The maximum absolute atomic E-state index is 9.73. The maximum atomic E-state index is 9.73. The van der Waals surface area contributed by atoms with Gasteiger partial charge in [-0.05, 0) is 0 Å². The zero-order chi connectivity index (χ0) is 5.86. The van der Waals surface area contributed by atoms with E-state index in [0.717, 1.165) is 7.05 Å². The van der Waals surface area contributed by atoms with Gasteiger partial charge in [-0.3, -0.25) is 0 Å². The van der Waals surface area contributed by atoms with Crippen LogP contribution in [0.3, 0.4) is 0 Å². The molecule has 0 aliphatic carbocycles. The fourth-order valence-electron chi connectivity index (χ4n) is 0.156. The molecule has 0 saturated heterocycles. The van der Waals surface area contributed by atoms with Crippen LogP contribution in [0.15, 0.2) is 0 Å². The van der Waals surface area contributed by atoms with Gasteiger partial charge >= 0.3 is 5.97 Å². The average molecular weight is 103 g/mol. The maximum Gasteiger partial charge on any atom is 0.394 e. The first-order valence-corrected chi connectivity index (χ1v) is 1.60. The third-order valence-electron chi connectivity index (χ3n) is 0.292. The molecule has 4 nitrogen and oxygen atoms in total. The van der Waals surface area contributed by atoms with Gasteiger partial charge in [-0.25, -0.2) is 9.53 Å². The molecular formula is C3H5NO3. The molecule has 0 saturated carbocycles. The Bertz CT molecular complexity index is 103. The SMILES string of the molecule is C/[N+]([O-])=C\C(=O)O. The van der Waals surface area contributed by atoms with Gasteiger partial charge in [0.1, 0.15) is 7.05 Å². The minimum atomic E-state index is -1.22. The second-order valence-corrected chi connectivity index (χ2v) is 1.01. The Hall–Kier alpha value is -1.06. The summed E-state index contributed by atoms with van der Waals surface area (Å²) in [6, 6.07) is 0. The van der Waals surface area contributed by atoms with Gasteiger partial charge in [0.05, 0.1) is 0 Å². The third kappa shape index (κ3) is 4.94. The predicted molar refractivity (Wildman–Crippen MR) is 23.3 cm³/mol. The number of hydrogen-bond donors (Lipinski definition) is 1. The van der Waals surface area contributed by atoms with Crippen molar-refractivity contribution >= 4 is 12.2 Å². The number of hydrogen-bond acceptors (Lipinski definition) is 2. The van der Waals surface area contributed by atoms with Crippen LogP contribution in [0, 0.1) is 5.21 Å². The number of hydroxylamine groups is 1. The van der Waals surface area contributed by atoms with E-state index in [0.29, 0.717) is 6.21 Å². The molecule has 0 heterocycles. The fourth-order valence-corrected chi connectivity index (χ4v) is 0.156. The molecule has 0 aromatic heterocycles. The van der Waals surface area contributed by atoms with Crippen molar-refractivity contribution in [2.45, 2.75) is 0 Å². The van der Waals surface area contributed by atoms with E-state index >= 15 is 0 Å². The molecule has 1 N–H and O–H groups in total. The Kier molecular flexibility index (Phi) is 1.84. The van der Waals surface area contributed by atoms with Crippen molar-refractivity contribution in [1.29, 1.82) is 0 Å². The van der Waals surface area contributed by atoms with Crippen LogP contribution in [-0.2, 0) is 4.79 Å². The first-order chi connectivity index (χ1) is 3.13. The van der Waals surface area contributed by atoms with Gasteiger partial charge in [-0.2, -0.15) is 0 Å². The molecule has 0 aromatic rings. The summed E-state index contributed by atoms with van der Waals surface area (Å²) in [6.45, 7) is 0. The van der Waals surface area contributed by atoms with E-state index in [4.69, 9.17) is 5.11 Å². The monoisotopic (exact) mass is 103 g/mol. The summed E-state index contributed by atoms with van der Waals surface area (Å²) < 4.78 is 0.225. The first-order valence-electron chi connectivity index (χ1n) is 1.60. The summed E-state index contributed by atoms with van der Waals surface area (Å²) >= 11 is 0. The normalized spacial score (nSPS) is 11.3. The summed E-state index contributed by atoms with van der Waals surface area (Å²) in [4.78, 5) is 9.51. The van der Waals surface area contributed by atoms with Crippen molar-refractivity contribution in [1.82, 2.24) is 0 Å². The lowest BCUT2D eigenvalue weighted by Gasteiger charge is -1.88. The predicted octanol–water partition coefficient (Wildman–Crippen LogP) is -0.718. The van der Waals surface area contributed by atoms with Crippen molar-refractivity contribution in [2.24, 2.45) is 0 Å². The molecular weight excluding hydrogens is 98.0 g/mol. The summed E-state index contributed by atoms with van der Waals surface area (Å²) in [5.74, 6) is -1.22. The lowest BCUT2D eigenvalue weighted by molar-refractivity contribution is -0.417. The molecule has 0 aliphatic heterocycles. The summed E-state index contributed by atoms with van der Waals surface area (Å²) in [6.07, 6.45) is 0.528. The summed E-state index contributed by atoms with van der Waals surface area (Å²) in [5, 5.41) is 17.5. The molecule has 0 aliphatic rings. The highest BCUT2D eigenvalue weighted by molar-refractivity contribution is 6.19. The number of carbonyl (C=O) groups is 1. The number of carboxylic acid groups (broad SMARTS) is 1. The van der Waals surface area contributed by atoms with Crippen LogP contribution in [0.2, 0.25) is 0 Å². The quantitative estimate of drug-likeness (QED) is 0.206. The van der Waals surface area contributed by atoms with Gasteiger partial charge in [0.2, 0.25) is 0 Å². The Morgan fingerprint density at radius 1 is 2.00 bits per heavy atom. The highest BCUT2D eigenvalue weighted by atomic mass is 16.5. The molecule has 0 fully saturated rings. The van der Waals surface area contributed by atoms with E-state index in [-0.39, 0.29) is 4.74 Å². The summed E-state index contributed by atoms with van der Waals surface area (Å²) in [7, 11) is 1.11. The zero-order valence-corrected chi connectivity index (χ0v) is 3.79. The number of nitrogens with zero attached hydrogens (tertiary/aromatic N) is 1. The number of aliphatic carboxylic acids is 1. The molecule has 0 rings (SSSR count). The van der Waals surface area contributed by atoms with Gasteiger partial charge in [-0.15, -0.1) is 0 Å². The van der Waals surface area contributed by atoms with Crippen LogP contribution < -0.4 is 0 Å². The second kappa shape index (κ2) is 2.17. The van der Waals surface area contributed by atoms with Crippen molar-refractivity contribution in [3.63, 3.8) is 0 Å². The van der Waals surface area contributed by atoms with E-state index in [1.165, 1.54) is 0 Å². The highest BCUT2D eigenvalue weighted by Gasteiger charge is 1.89. The average Bonchev–Trinajstić information content (AvgIpc) is 1.27. The molecule has 0 bridgehead atoms. The number of rotatable bonds is 1. The van der Waals surface area contributed by atoms with Gasteiger partial charge < -0.3 is 10.3 Å². The van der Waals surface area contributed by atoms with Gasteiger partial charge in [0.25, 0.3) is 6.21 Å². The van der Waals surface area contributed by atoms with E-state index in [2.05, 4.69) is 0 Å². The van der Waals surface area contributed by atoms with Crippen molar-refractivity contribution in [3.05, 3.63) is 5.21 Å². The molecule has 4 heteroatoms. The van der Waals surface area contributed by atoms with Gasteiger partial charge in [0, 0.05) is 0 Å². The third-order valence-corrected chi connectivity index (χ3v) is 0.292. The molecule has 0 unspecified atom stereocenters. The molecule has 0 aromatic carbocycles. The Labute approximate surface area is 40.3 Å². The Morgan fingerprint density at radius 2 is 2.43 bits per heavy atom. The minimum absolute atomic E-state index is 0.225. The van der Waals surface area contributed by atoms with Crippen LogP contribution in [-0.4, -0.2) is 29.1 Å². The minimum Gasteiger partial charge on any atom is -0.624 e. The Balaban J connectivity index is 3.68. The molecule has 0 amide bonds. The van der Waals surface area contributed by atoms with E-state index in [1.807, 2.05) is 0 Å². The summed E-state index contributed by atoms with van der Waals surface area (Å²) in [5.41, 5.74) is 0. The van der Waals surface area contributed by atoms with E-state index in [1.54, 1.807) is 0 Å². The molecule has 40 valence electrons. The molecule has 0 radical (unpaired) electrons. The Morgan fingerprint density at radius 3 is 2.43 bits per heavy atom. The number of carboxylic acids is 1. The molecule has 0 spiro atoms. The van der Waals surface area contributed by atoms with Crippen LogP contribution in [0.5, 0.6) is 0 Å². The van der Waals surface area contributed by atoms with Gasteiger partial charge in [0.15, 0.2) is 0 Å². The van der Waals surface area contributed by atoms with Gasteiger partial charge in [-0.1, -0.05) is 0 Å². The van der Waals surface area contributed by atoms with Crippen molar-refractivity contribution < 1.29 is 14.6 Å². The zero-order valence-electron chi connectivity index (χ0n) is 3.79. The second-order valence-electron chi connectivity index (χ2n) is 1.01. The van der Waals surface area contributed by atoms with Crippen LogP contribution in [0.1, 0.15) is 0 Å². The molecule has 0 atom stereocenters. The van der Waals surface area contributed by atoms with Crippen molar-refractivity contribution in [3.8, 4) is 0 Å². The molecule has 7 heavy (non-hydrogen) atoms. The van der Waals surface area contributed by atoms with E-state index in [9.17, 15) is 10.0 Å². The first kappa shape index (κ1) is 5.94. The van der Waals surface area contributed by atoms with Crippen LogP contribution >= 0.6 is 0 Å². The lowest BCUT2D eigenvalue weighted by atomic mass is 10.8. The van der Waals surface area contributed by atoms with Crippen LogP contribution in [0.4, 0.5) is 0 Å². The highest BCUT2D eigenvalue weighted by Crippen LogP contribution is 1.54. The van der Waals surface area contributed by atoms with E-state index < -0.39 is 5.97 Å². The van der Waals surface area contributed by atoms with Crippen LogP contribution in [0.25, 0.3) is 0 Å². The topological polar surface area (TPSA) is 63.4 Å². The lowest BCUT2D eigenvalue weighted by Crippen LogP contribution is -2.05. The van der Waals surface area contributed by atoms with Crippen molar-refractivity contribution in [2.75, 3.05) is 7.05 Å². The standard InChI is InChI=1S/C3H5NO3/c1-4(7)2-3(5)6/h2H,1H3,(H,5,6)/b4-2+. The largest absolute Gasteiger partial charge is 0.624 e.